The maximum atomic E-state index is 14.4. The number of primary amides is 1. The van der Waals surface area contributed by atoms with Crippen LogP contribution in [0.25, 0.3) is 10.9 Å². The summed E-state index contributed by atoms with van der Waals surface area (Å²) in [4.78, 5) is 85.8. The van der Waals surface area contributed by atoms with Gasteiger partial charge in [0.25, 0.3) is 0 Å². The van der Waals surface area contributed by atoms with Gasteiger partial charge in [0, 0.05) is 50.5 Å². The summed E-state index contributed by atoms with van der Waals surface area (Å²) in [5.74, 6) is -1.98. The summed E-state index contributed by atoms with van der Waals surface area (Å²) < 4.78 is 29.5. The number of methoxy groups -OCH3 is 2. The second kappa shape index (κ2) is 22.7. The van der Waals surface area contributed by atoms with Crippen LogP contribution in [0.4, 0.5) is 31.4 Å². The number of benzene rings is 2. The molecule has 0 radical (unpaired) electrons. The molecule has 0 unspecified atom stereocenters. The number of alkyl carbamates (subject to hydrolysis) is 1. The number of aromatic nitrogens is 1. The Labute approximate surface area is 417 Å². The molecule has 2 saturated heterocycles. The fraction of sp³-hybridized carbons (Fsp3) is 0.500. The van der Waals surface area contributed by atoms with E-state index in [4.69, 9.17) is 41.0 Å². The minimum Gasteiger partial charge on any atom is -0.495 e. The van der Waals surface area contributed by atoms with E-state index < -0.39 is 84.2 Å². The summed E-state index contributed by atoms with van der Waals surface area (Å²) in [6.07, 6.45) is 1.45. The molecule has 71 heavy (non-hydrogen) atoms. The smallest absolute Gasteiger partial charge is 0.412 e. The Hall–Kier alpha value is -6.48. The SMILES string of the molecule is COc1cc2cc(c1Cl)N(C)C(=O)C[C@H](OC(=O)Nc1ccc(NC(=O)[C@H](CCCNC(N)=O)NC(=O)[C@@H](C)C(C)C)c3ncccc13)[C@]1(C)O[C@H]1[C@H](C)[C@@H]1C[C@@](O)(NC(=O)O1)[C@H](OC)/C=C/C=C(\C)C2. The number of allylic oxidation sites excluding steroid dienone is 3. The van der Waals surface area contributed by atoms with E-state index in [1.807, 2.05) is 26.8 Å². The molecule has 9 atom stereocenters. The number of carbonyl (C=O) groups excluding carboxylic acids is 6. The largest absolute Gasteiger partial charge is 0.495 e. The highest BCUT2D eigenvalue weighted by Crippen LogP contribution is 2.49. The van der Waals surface area contributed by atoms with Crippen molar-refractivity contribution in [2.45, 2.75) is 115 Å². The van der Waals surface area contributed by atoms with E-state index >= 15 is 0 Å². The first-order valence-corrected chi connectivity index (χ1v) is 23.8. The van der Waals surface area contributed by atoms with Crippen LogP contribution in [0.15, 0.2) is 66.4 Å². The fourth-order valence-electron chi connectivity index (χ4n) is 8.87. The average molecular weight is 1010 g/mol. The van der Waals surface area contributed by atoms with E-state index in [0.717, 1.165) is 11.1 Å². The number of carbonyl (C=O) groups is 6. The lowest BCUT2D eigenvalue weighted by Gasteiger charge is -2.42. The quantitative estimate of drug-likeness (QED) is 0.0756. The van der Waals surface area contributed by atoms with Crippen molar-refractivity contribution < 1.29 is 57.6 Å². The third-order valence-corrected chi connectivity index (χ3v) is 13.9. The second-order valence-electron chi connectivity index (χ2n) is 18.9. The zero-order valence-electron chi connectivity index (χ0n) is 41.4. The predicted molar refractivity (Wildman–Crippen MR) is 266 cm³/mol. The number of nitrogens with zero attached hydrogens (tertiary/aromatic N) is 2. The third kappa shape index (κ3) is 12.7. The molecule has 3 aliphatic heterocycles. The topological polar surface area (TPSA) is 274 Å². The minimum absolute atomic E-state index is 0.00919. The van der Waals surface area contributed by atoms with Gasteiger partial charge in [-0.05, 0) is 81.0 Å². The summed E-state index contributed by atoms with van der Waals surface area (Å²) in [6, 6.07) is 8.27. The average Bonchev–Trinajstić information content (AvgIpc) is 4.02. The van der Waals surface area contributed by atoms with Crippen LogP contribution in [0.5, 0.6) is 5.75 Å². The Morgan fingerprint density at radius 3 is 2.51 bits per heavy atom. The molecule has 3 aliphatic rings. The van der Waals surface area contributed by atoms with Gasteiger partial charge in [0.05, 0.1) is 42.2 Å². The fourth-order valence-corrected chi connectivity index (χ4v) is 9.18. The number of hydrogen-bond acceptors (Lipinski definition) is 13. The van der Waals surface area contributed by atoms with Gasteiger partial charge in [-0.1, -0.05) is 63.1 Å². The third-order valence-electron chi connectivity index (χ3n) is 13.5. The molecule has 1 aromatic heterocycles. The number of fused-ring (bicyclic) bond motifs is 6. The molecule has 20 nitrogen and oxygen atoms in total. The number of epoxide rings is 1. The lowest BCUT2D eigenvalue weighted by atomic mass is 9.83. The molecule has 2 aromatic carbocycles. The molecule has 4 bridgehead atoms. The van der Waals surface area contributed by atoms with Crippen molar-refractivity contribution >= 4 is 75.5 Å². The number of pyridine rings is 1. The van der Waals surface area contributed by atoms with Crippen LogP contribution in [0.3, 0.4) is 0 Å². The number of nitrogens with two attached hydrogens (primary N) is 1. The summed E-state index contributed by atoms with van der Waals surface area (Å²) in [5.41, 5.74) is 4.86. The van der Waals surface area contributed by atoms with Gasteiger partial charge < -0.3 is 55.4 Å². The number of halogens is 1. The molecule has 21 heteroatoms. The van der Waals surface area contributed by atoms with Crippen LogP contribution >= 0.6 is 11.6 Å². The standard InChI is InChI=1S/C50H65ClN8O12/c1-26(2)28(4)44(61)56-34(15-12-20-54-46(52)63)45(62)55-33-18-17-32(31-14-11-19-53-42(31)33)57-47(64)70-39-24-40(60)59(7)35-22-30(23-36(67-8)41(35)51)21-27(3)13-10-16-38(68-9)50(66)25-37(69-48(65)58-50)29(5)43-49(39,6)71-43/h10-11,13-14,16-19,22-23,26,28-29,34,37-39,43,66H,12,15,20-21,24-25H2,1-9H3,(H,55,62)(H,56,61)(H,57,64)(H,58,65)(H3,52,54,63)/b16-10+,27-13+/t28-,29+,34-,37-,38+,39-,43-,49-,50-/m0/s1. The van der Waals surface area contributed by atoms with Crippen LogP contribution < -0.4 is 42.0 Å². The van der Waals surface area contributed by atoms with Gasteiger partial charge in [-0.15, -0.1) is 0 Å². The van der Waals surface area contributed by atoms with Gasteiger partial charge in [0.2, 0.25) is 17.7 Å². The number of ether oxygens (including phenoxy) is 5. The molecule has 7 amide bonds. The van der Waals surface area contributed by atoms with Gasteiger partial charge in [-0.3, -0.25) is 30.0 Å². The highest BCUT2D eigenvalue weighted by atomic mass is 35.5. The number of amides is 7. The Morgan fingerprint density at radius 2 is 1.82 bits per heavy atom. The van der Waals surface area contributed by atoms with Crippen LogP contribution in [0.2, 0.25) is 5.02 Å². The van der Waals surface area contributed by atoms with Gasteiger partial charge in [0.15, 0.2) is 5.72 Å². The van der Waals surface area contributed by atoms with Crippen molar-refractivity contribution in [3.8, 4) is 5.75 Å². The zero-order valence-corrected chi connectivity index (χ0v) is 42.2. The number of nitrogens with one attached hydrogen (secondary N) is 5. The van der Waals surface area contributed by atoms with Crippen molar-refractivity contribution in [3.63, 3.8) is 0 Å². The monoisotopic (exact) mass is 1000 g/mol. The molecule has 8 N–H and O–H groups in total. The van der Waals surface area contributed by atoms with Gasteiger partial charge in [-0.25, -0.2) is 14.4 Å². The number of anilines is 3. The van der Waals surface area contributed by atoms with Crippen molar-refractivity contribution in [3.05, 3.63) is 77.0 Å². The normalized spacial score (nSPS) is 26.6. The molecule has 6 rings (SSSR count). The molecular weight excluding hydrogens is 940 g/mol. The van der Waals surface area contributed by atoms with Crippen molar-refractivity contribution in [2.75, 3.05) is 43.3 Å². The van der Waals surface area contributed by atoms with E-state index in [2.05, 4.69) is 31.6 Å². The molecule has 4 heterocycles. The summed E-state index contributed by atoms with van der Waals surface area (Å²) in [6.45, 7) is 11.1. The van der Waals surface area contributed by atoms with Gasteiger partial charge >= 0.3 is 18.2 Å². The van der Waals surface area contributed by atoms with Gasteiger partial charge in [-0.2, -0.15) is 0 Å². The summed E-state index contributed by atoms with van der Waals surface area (Å²) in [7, 11) is 4.44. The van der Waals surface area contributed by atoms with E-state index in [9.17, 15) is 33.9 Å². The lowest BCUT2D eigenvalue weighted by molar-refractivity contribution is -0.142. The van der Waals surface area contributed by atoms with E-state index in [0.29, 0.717) is 35.2 Å². The first-order valence-electron chi connectivity index (χ1n) is 23.5. The maximum absolute atomic E-state index is 14.4. The molecule has 0 spiro atoms. The first kappa shape index (κ1) is 53.9. The molecule has 3 aromatic rings. The second-order valence-corrected chi connectivity index (χ2v) is 19.3. The molecule has 384 valence electrons. The van der Waals surface area contributed by atoms with Gasteiger partial charge in [0.1, 0.15) is 40.7 Å². The minimum atomic E-state index is -1.88. The summed E-state index contributed by atoms with van der Waals surface area (Å²) in [5, 5.41) is 26.0. The van der Waals surface area contributed by atoms with Crippen molar-refractivity contribution in [2.24, 2.45) is 23.5 Å². The zero-order chi connectivity index (χ0) is 51.9. The number of aliphatic hydroxyl groups is 1. The first-order chi connectivity index (χ1) is 33.6. The number of hydrogen-bond donors (Lipinski definition) is 7. The maximum Gasteiger partial charge on any atom is 0.412 e. The number of rotatable bonds is 13. The molecule has 2 fully saturated rings. The Morgan fingerprint density at radius 1 is 1.08 bits per heavy atom. The van der Waals surface area contributed by atoms with E-state index in [-0.39, 0.29) is 53.5 Å². The Balaban J connectivity index is 1.30. The van der Waals surface area contributed by atoms with Crippen LogP contribution in [-0.2, 0) is 39.8 Å². The van der Waals surface area contributed by atoms with E-state index in [1.54, 1.807) is 76.4 Å². The number of urea groups is 1. The van der Waals surface area contributed by atoms with Crippen molar-refractivity contribution in [1.82, 2.24) is 20.9 Å². The Kier molecular flexibility index (Phi) is 17.2. The summed E-state index contributed by atoms with van der Waals surface area (Å²) >= 11 is 6.84. The molecule has 0 aliphatic carbocycles. The Bertz CT molecular complexity index is 2580. The van der Waals surface area contributed by atoms with E-state index in [1.165, 1.54) is 25.3 Å². The predicted octanol–water partition coefficient (Wildman–Crippen LogP) is 6.09. The van der Waals surface area contributed by atoms with Crippen molar-refractivity contribution in [1.29, 1.82) is 0 Å². The highest BCUT2D eigenvalue weighted by Gasteiger charge is 2.64. The van der Waals surface area contributed by atoms with Crippen LogP contribution in [-0.4, -0.2) is 116 Å². The highest BCUT2D eigenvalue weighted by molar-refractivity contribution is 6.35. The van der Waals surface area contributed by atoms with Crippen LogP contribution in [0, 0.1) is 17.8 Å². The molecule has 0 saturated carbocycles. The van der Waals surface area contributed by atoms with Crippen LogP contribution in [0.1, 0.15) is 72.8 Å². The lowest BCUT2D eigenvalue weighted by Crippen LogP contribution is -2.63. The molecular formula is C50H65ClN8O12.